The Balaban J connectivity index is 1.69. The number of hydrogen-bond donors (Lipinski definition) is 1. The molecule has 1 aromatic rings. The largest absolute Gasteiger partial charge is 0.376 e. The Morgan fingerprint density at radius 1 is 1.52 bits per heavy atom. The second-order valence-electron chi connectivity index (χ2n) is 6.12. The number of nitrogens with zero attached hydrogens (tertiary/aromatic N) is 2. The summed E-state index contributed by atoms with van der Waals surface area (Å²) in [6.07, 6.45) is 2.87. The minimum absolute atomic E-state index is 0.000809. The van der Waals surface area contributed by atoms with Gasteiger partial charge in [-0.25, -0.2) is 4.98 Å². The van der Waals surface area contributed by atoms with Crippen LogP contribution in [0.1, 0.15) is 31.0 Å². The second kappa shape index (κ2) is 7.05. The van der Waals surface area contributed by atoms with Crippen LogP contribution in [-0.4, -0.2) is 40.5 Å². The van der Waals surface area contributed by atoms with Crippen LogP contribution in [0.2, 0.25) is 0 Å². The number of aromatic nitrogens is 2. The number of carbonyl (C=O) groups excluding carboxylic acids is 1. The van der Waals surface area contributed by atoms with E-state index < -0.39 is 0 Å². The van der Waals surface area contributed by atoms with Crippen LogP contribution in [0.25, 0.3) is 0 Å². The summed E-state index contributed by atoms with van der Waals surface area (Å²) in [6, 6.07) is 0. The van der Waals surface area contributed by atoms with Gasteiger partial charge in [-0.3, -0.25) is 14.2 Å². The number of fused-ring (bicyclic) bond motifs is 1. The molecule has 1 amide bonds. The summed E-state index contributed by atoms with van der Waals surface area (Å²) in [5.41, 5.74) is 1.55. The molecule has 0 spiro atoms. The van der Waals surface area contributed by atoms with Gasteiger partial charge in [-0.2, -0.15) is 0 Å². The lowest BCUT2D eigenvalue weighted by atomic mass is 10.1. The summed E-state index contributed by atoms with van der Waals surface area (Å²) >= 11 is 1.49. The maximum atomic E-state index is 12.6. The molecule has 0 aliphatic carbocycles. The van der Waals surface area contributed by atoms with Gasteiger partial charge in [0.1, 0.15) is 0 Å². The first-order valence-electron chi connectivity index (χ1n) is 8.22. The summed E-state index contributed by atoms with van der Waals surface area (Å²) < 4.78 is 7.19. The Bertz CT molecular complexity index is 653. The Kier molecular flexibility index (Phi) is 5.06. The quantitative estimate of drug-likeness (QED) is 0.834. The van der Waals surface area contributed by atoms with Crippen molar-refractivity contribution in [2.75, 3.05) is 18.9 Å². The van der Waals surface area contributed by atoms with E-state index in [1.54, 1.807) is 4.57 Å². The first kappa shape index (κ1) is 16.5. The third kappa shape index (κ3) is 3.45. The van der Waals surface area contributed by atoms with Gasteiger partial charge < -0.3 is 10.1 Å². The number of ether oxygens (including phenoxy) is 1. The van der Waals surface area contributed by atoms with Gasteiger partial charge in [-0.1, -0.05) is 18.7 Å². The van der Waals surface area contributed by atoms with Crippen LogP contribution in [0.4, 0.5) is 0 Å². The van der Waals surface area contributed by atoms with Crippen LogP contribution in [0.5, 0.6) is 0 Å². The highest BCUT2D eigenvalue weighted by Gasteiger charge is 2.28. The van der Waals surface area contributed by atoms with Gasteiger partial charge in [0.05, 0.1) is 12.0 Å². The molecule has 126 valence electrons. The predicted molar refractivity (Wildman–Crippen MR) is 88.8 cm³/mol. The first-order chi connectivity index (χ1) is 11.1. The topological polar surface area (TPSA) is 73.2 Å². The zero-order valence-electron chi connectivity index (χ0n) is 13.6. The lowest BCUT2D eigenvalue weighted by Crippen LogP contribution is -2.42. The first-order valence-corrected chi connectivity index (χ1v) is 9.21. The molecule has 0 unspecified atom stereocenters. The summed E-state index contributed by atoms with van der Waals surface area (Å²) in [5, 5.41) is 3.70. The zero-order chi connectivity index (χ0) is 16.4. The van der Waals surface area contributed by atoms with Gasteiger partial charge in [-0.05, 0) is 26.2 Å². The summed E-state index contributed by atoms with van der Waals surface area (Å²) in [4.78, 5) is 29.5. The van der Waals surface area contributed by atoms with Crippen molar-refractivity contribution in [3.63, 3.8) is 0 Å². The normalized spacial score (nSPS) is 23.6. The molecular weight excluding hydrogens is 314 g/mol. The van der Waals surface area contributed by atoms with Gasteiger partial charge in [0.25, 0.3) is 5.56 Å². The molecule has 1 saturated heterocycles. The molecule has 0 aromatic carbocycles. The molecule has 0 radical (unpaired) electrons. The molecule has 1 aromatic heterocycles. The van der Waals surface area contributed by atoms with Crippen LogP contribution >= 0.6 is 11.8 Å². The third-order valence-corrected chi connectivity index (χ3v) is 5.64. The third-order valence-electron chi connectivity index (χ3n) is 4.50. The molecule has 23 heavy (non-hydrogen) atoms. The van der Waals surface area contributed by atoms with Crippen molar-refractivity contribution in [3.8, 4) is 0 Å². The van der Waals surface area contributed by atoms with Crippen molar-refractivity contribution >= 4 is 17.7 Å². The molecule has 6 nitrogen and oxygen atoms in total. The molecule has 2 aliphatic heterocycles. The lowest BCUT2D eigenvalue weighted by molar-refractivity contribution is -0.125. The minimum Gasteiger partial charge on any atom is -0.376 e. The van der Waals surface area contributed by atoms with Gasteiger partial charge >= 0.3 is 0 Å². The van der Waals surface area contributed by atoms with E-state index in [9.17, 15) is 9.59 Å². The molecule has 3 heterocycles. The molecule has 0 bridgehead atoms. The lowest BCUT2D eigenvalue weighted by Gasteiger charge is -2.25. The maximum Gasteiger partial charge on any atom is 0.257 e. The number of aryl methyl sites for hydroxylation is 1. The molecular formula is C16H23N3O3S. The number of rotatable bonds is 4. The number of thioether (sulfide) groups is 1. The van der Waals surface area contributed by atoms with E-state index in [2.05, 4.69) is 10.3 Å². The fourth-order valence-electron chi connectivity index (χ4n) is 3.12. The van der Waals surface area contributed by atoms with Gasteiger partial charge in [0.15, 0.2) is 5.16 Å². The van der Waals surface area contributed by atoms with Crippen LogP contribution in [0, 0.1) is 12.8 Å². The van der Waals surface area contributed by atoms with Crippen LogP contribution in [0.3, 0.4) is 0 Å². The van der Waals surface area contributed by atoms with Crippen LogP contribution < -0.4 is 10.9 Å². The minimum atomic E-state index is -0.194. The molecule has 2 aliphatic rings. The Morgan fingerprint density at radius 3 is 3.04 bits per heavy atom. The van der Waals surface area contributed by atoms with Crippen LogP contribution in [-0.2, 0) is 22.5 Å². The fourth-order valence-corrected chi connectivity index (χ4v) is 4.25. The van der Waals surface area contributed by atoms with E-state index in [1.807, 2.05) is 13.8 Å². The number of carbonyl (C=O) groups is 1. The SMILES string of the molecule is CCc1c(C)nc2n(c1=O)C[C@@H](C(=O)NC[C@H]1CCCO1)CS2. The Labute approximate surface area is 140 Å². The average molecular weight is 337 g/mol. The summed E-state index contributed by atoms with van der Waals surface area (Å²) in [6.45, 7) is 5.60. The summed E-state index contributed by atoms with van der Waals surface area (Å²) in [5.74, 6) is 0.472. The van der Waals surface area contributed by atoms with Crippen molar-refractivity contribution in [1.82, 2.24) is 14.9 Å². The van der Waals surface area contributed by atoms with E-state index in [0.29, 0.717) is 25.3 Å². The average Bonchev–Trinajstić information content (AvgIpc) is 3.06. The highest BCUT2D eigenvalue weighted by molar-refractivity contribution is 7.99. The molecule has 0 saturated carbocycles. The molecule has 2 atom stereocenters. The second-order valence-corrected chi connectivity index (χ2v) is 7.10. The highest BCUT2D eigenvalue weighted by Crippen LogP contribution is 2.26. The monoisotopic (exact) mass is 337 g/mol. The Hall–Kier alpha value is -1.34. The smallest absolute Gasteiger partial charge is 0.257 e. The fraction of sp³-hybridized carbons (Fsp3) is 0.688. The van der Waals surface area contributed by atoms with E-state index in [0.717, 1.165) is 35.9 Å². The van der Waals surface area contributed by atoms with Gasteiger partial charge in [0.2, 0.25) is 5.91 Å². The van der Waals surface area contributed by atoms with Crippen molar-refractivity contribution in [1.29, 1.82) is 0 Å². The van der Waals surface area contributed by atoms with Crippen molar-refractivity contribution in [2.45, 2.75) is 50.9 Å². The van der Waals surface area contributed by atoms with Gasteiger partial charge in [-0.15, -0.1) is 0 Å². The van der Waals surface area contributed by atoms with Crippen molar-refractivity contribution < 1.29 is 9.53 Å². The number of hydrogen-bond acceptors (Lipinski definition) is 5. The van der Waals surface area contributed by atoms with Crippen molar-refractivity contribution in [3.05, 3.63) is 21.6 Å². The molecule has 7 heteroatoms. The summed E-state index contributed by atoms with van der Waals surface area (Å²) in [7, 11) is 0. The maximum absolute atomic E-state index is 12.6. The van der Waals surface area contributed by atoms with E-state index >= 15 is 0 Å². The Morgan fingerprint density at radius 2 is 2.35 bits per heavy atom. The van der Waals surface area contributed by atoms with Gasteiger partial charge in [0, 0.05) is 36.7 Å². The van der Waals surface area contributed by atoms with Crippen molar-refractivity contribution in [2.24, 2.45) is 5.92 Å². The van der Waals surface area contributed by atoms with Crippen LogP contribution in [0.15, 0.2) is 9.95 Å². The van der Waals surface area contributed by atoms with E-state index in [-0.39, 0.29) is 23.5 Å². The molecule has 3 rings (SSSR count). The standard InChI is InChI=1S/C16H23N3O3S/c1-3-13-10(2)18-16-19(15(13)21)8-11(9-23-16)14(20)17-7-12-5-4-6-22-12/h11-12H,3-9H2,1-2H3,(H,17,20)/t11-,12-/m1/s1. The number of amides is 1. The molecule has 1 fully saturated rings. The zero-order valence-corrected chi connectivity index (χ0v) is 14.4. The molecule has 1 N–H and O–H groups in total. The predicted octanol–water partition coefficient (Wildman–Crippen LogP) is 1.13. The van der Waals surface area contributed by atoms with E-state index in [1.165, 1.54) is 11.8 Å². The number of nitrogens with one attached hydrogen (secondary N) is 1. The highest BCUT2D eigenvalue weighted by atomic mass is 32.2. The van der Waals surface area contributed by atoms with E-state index in [4.69, 9.17) is 4.74 Å².